The van der Waals surface area contributed by atoms with Gasteiger partial charge in [0, 0.05) is 36.5 Å². The topological polar surface area (TPSA) is 19.4 Å². The Morgan fingerprint density at radius 2 is 1.94 bits per heavy atom. The highest BCUT2D eigenvalue weighted by atomic mass is 79.9. The Bertz CT molecular complexity index is 328. The zero-order valence-electron chi connectivity index (χ0n) is 11.0. The number of hydrogen-bond acceptors (Lipinski definition) is 3. The highest BCUT2D eigenvalue weighted by Gasteiger charge is 2.06. The number of aromatic nitrogens is 1. The third-order valence-corrected chi connectivity index (χ3v) is 3.00. The number of halogens is 1. The molecule has 0 aromatic carbocycles. The first-order chi connectivity index (χ1) is 8.11. The van der Waals surface area contributed by atoms with Gasteiger partial charge in [0.25, 0.3) is 0 Å². The molecule has 1 aromatic rings. The molecule has 0 amide bonds. The predicted octanol–water partition coefficient (Wildman–Crippen LogP) is 2.62. The van der Waals surface area contributed by atoms with Crippen molar-refractivity contribution in [3.05, 3.63) is 28.5 Å². The van der Waals surface area contributed by atoms with Crippen LogP contribution in [0.25, 0.3) is 0 Å². The minimum Gasteiger partial charge on any atom is -0.308 e. The van der Waals surface area contributed by atoms with Crippen LogP contribution in [0.15, 0.2) is 22.9 Å². The molecule has 0 spiro atoms. The Balaban J connectivity index is 2.53. The number of likely N-dealkylation sites (N-methyl/N-ethyl adjacent to an activating group) is 1. The molecule has 1 heterocycles. The van der Waals surface area contributed by atoms with Crippen molar-refractivity contribution in [1.82, 2.24) is 14.8 Å². The lowest BCUT2D eigenvalue weighted by Crippen LogP contribution is -2.32. The van der Waals surface area contributed by atoms with E-state index in [0.717, 1.165) is 30.7 Å². The third-order valence-electron chi connectivity index (χ3n) is 2.57. The predicted molar refractivity (Wildman–Crippen MR) is 76.1 cm³/mol. The van der Waals surface area contributed by atoms with Crippen LogP contribution in [0, 0.1) is 0 Å². The fourth-order valence-electron chi connectivity index (χ4n) is 1.73. The maximum Gasteiger partial charge on any atom is 0.0410 e. The van der Waals surface area contributed by atoms with Crippen molar-refractivity contribution in [3.8, 4) is 0 Å². The van der Waals surface area contributed by atoms with Crippen LogP contribution in [0.5, 0.6) is 0 Å². The maximum atomic E-state index is 4.21. The lowest BCUT2D eigenvalue weighted by molar-refractivity contribution is 0.234. The van der Waals surface area contributed by atoms with Gasteiger partial charge in [0.2, 0.25) is 0 Å². The summed E-state index contributed by atoms with van der Waals surface area (Å²) in [7, 11) is 4.23. The summed E-state index contributed by atoms with van der Waals surface area (Å²) in [6, 6.07) is 2.14. The van der Waals surface area contributed by atoms with Gasteiger partial charge in [0.05, 0.1) is 0 Å². The molecule has 96 valence electrons. The first-order valence-corrected chi connectivity index (χ1v) is 6.87. The van der Waals surface area contributed by atoms with Gasteiger partial charge in [-0.05, 0) is 54.6 Å². The minimum absolute atomic E-state index is 0.980. The highest BCUT2D eigenvalue weighted by Crippen LogP contribution is 2.11. The van der Waals surface area contributed by atoms with E-state index >= 15 is 0 Å². The molecule has 0 N–H and O–H groups in total. The van der Waals surface area contributed by atoms with Gasteiger partial charge in [-0.2, -0.15) is 0 Å². The summed E-state index contributed by atoms with van der Waals surface area (Å²) in [5.74, 6) is 0. The van der Waals surface area contributed by atoms with Crippen LogP contribution in [0.4, 0.5) is 0 Å². The largest absolute Gasteiger partial charge is 0.308 e. The van der Waals surface area contributed by atoms with Gasteiger partial charge in [-0.3, -0.25) is 9.88 Å². The maximum absolute atomic E-state index is 4.21. The summed E-state index contributed by atoms with van der Waals surface area (Å²) in [5, 5.41) is 0. The molecule has 0 fully saturated rings. The van der Waals surface area contributed by atoms with E-state index in [1.54, 1.807) is 0 Å². The van der Waals surface area contributed by atoms with Crippen molar-refractivity contribution in [2.75, 3.05) is 33.7 Å². The van der Waals surface area contributed by atoms with Crippen molar-refractivity contribution in [3.63, 3.8) is 0 Å². The molecule has 3 nitrogen and oxygen atoms in total. The monoisotopic (exact) mass is 299 g/mol. The van der Waals surface area contributed by atoms with Crippen molar-refractivity contribution < 1.29 is 0 Å². The fraction of sp³-hybridized carbons (Fsp3) is 0.615. The van der Waals surface area contributed by atoms with Gasteiger partial charge in [-0.25, -0.2) is 0 Å². The van der Waals surface area contributed by atoms with Crippen LogP contribution in [0.3, 0.4) is 0 Å². The third kappa shape index (κ3) is 6.15. The van der Waals surface area contributed by atoms with E-state index < -0.39 is 0 Å². The second kappa shape index (κ2) is 7.80. The van der Waals surface area contributed by atoms with Gasteiger partial charge in [0.1, 0.15) is 0 Å². The molecule has 0 atom stereocenters. The molecule has 0 bridgehead atoms. The molecular weight excluding hydrogens is 278 g/mol. The Kier molecular flexibility index (Phi) is 6.70. The first kappa shape index (κ1) is 14.6. The molecule has 0 aliphatic rings. The fourth-order valence-corrected chi connectivity index (χ4v) is 2.14. The van der Waals surface area contributed by atoms with Gasteiger partial charge in [-0.15, -0.1) is 0 Å². The molecule has 1 aromatic heterocycles. The molecule has 0 aliphatic carbocycles. The smallest absolute Gasteiger partial charge is 0.0410 e. The van der Waals surface area contributed by atoms with E-state index in [2.05, 4.69) is 57.8 Å². The second-order valence-electron chi connectivity index (χ2n) is 4.59. The van der Waals surface area contributed by atoms with Crippen molar-refractivity contribution >= 4 is 15.9 Å². The Morgan fingerprint density at radius 3 is 2.53 bits per heavy atom. The quantitative estimate of drug-likeness (QED) is 0.771. The Morgan fingerprint density at radius 1 is 1.18 bits per heavy atom. The standard InChI is InChI=1S/C13H22BrN3/c1-4-5-17(7-6-16(2)3)11-12-8-13(14)10-15-9-12/h8-10H,4-7,11H2,1-3H3. The molecule has 1 rings (SSSR count). The van der Waals surface area contributed by atoms with E-state index in [1.165, 1.54) is 12.0 Å². The summed E-state index contributed by atoms with van der Waals surface area (Å²) in [5.41, 5.74) is 1.27. The second-order valence-corrected chi connectivity index (χ2v) is 5.51. The minimum atomic E-state index is 0.980. The highest BCUT2D eigenvalue weighted by molar-refractivity contribution is 9.10. The van der Waals surface area contributed by atoms with Crippen molar-refractivity contribution in [1.29, 1.82) is 0 Å². The summed E-state index contributed by atoms with van der Waals surface area (Å²) in [6.07, 6.45) is 4.96. The number of hydrogen-bond donors (Lipinski definition) is 0. The Hall–Kier alpha value is -0.450. The van der Waals surface area contributed by atoms with Crippen LogP contribution in [-0.2, 0) is 6.54 Å². The summed E-state index contributed by atoms with van der Waals surface area (Å²) in [4.78, 5) is 8.91. The van der Waals surface area contributed by atoms with Gasteiger partial charge in [0.15, 0.2) is 0 Å². The molecular formula is C13H22BrN3. The zero-order chi connectivity index (χ0) is 12.7. The zero-order valence-corrected chi connectivity index (χ0v) is 12.6. The first-order valence-electron chi connectivity index (χ1n) is 6.08. The number of rotatable bonds is 7. The summed E-state index contributed by atoms with van der Waals surface area (Å²) < 4.78 is 1.05. The van der Waals surface area contributed by atoms with Crippen LogP contribution in [0.2, 0.25) is 0 Å². The molecule has 4 heteroatoms. The van der Waals surface area contributed by atoms with E-state index in [9.17, 15) is 0 Å². The molecule has 0 aliphatic heterocycles. The summed E-state index contributed by atoms with van der Waals surface area (Å²) >= 11 is 3.46. The van der Waals surface area contributed by atoms with Gasteiger partial charge < -0.3 is 4.90 Å². The molecule has 0 radical (unpaired) electrons. The van der Waals surface area contributed by atoms with Crippen LogP contribution >= 0.6 is 15.9 Å². The van der Waals surface area contributed by atoms with Crippen molar-refractivity contribution in [2.45, 2.75) is 19.9 Å². The molecule has 0 saturated carbocycles. The van der Waals surface area contributed by atoms with E-state index in [-0.39, 0.29) is 0 Å². The van der Waals surface area contributed by atoms with Crippen LogP contribution < -0.4 is 0 Å². The Labute approximate surface area is 113 Å². The SMILES string of the molecule is CCCN(CCN(C)C)Cc1cncc(Br)c1. The van der Waals surface area contributed by atoms with E-state index in [4.69, 9.17) is 0 Å². The molecule has 0 unspecified atom stereocenters. The van der Waals surface area contributed by atoms with E-state index in [1.807, 2.05) is 12.4 Å². The van der Waals surface area contributed by atoms with E-state index in [0.29, 0.717) is 0 Å². The summed E-state index contributed by atoms with van der Waals surface area (Å²) in [6.45, 7) is 6.55. The normalized spacial score (nSPS) is 11.4. The van der Waals surface area contributed by atoms with Crippen LogP contribution in [0.1, 0.15) is 18.9 Å². The van der Waals surface area contributed by atoms with Gasteiger partial charge >= 0.3 is 0 Å². The average molecular weight is 300 g/mol. The molecule has 0 saturated heterocycles. The average Bonchev–Trinajstić information content (AvgIpc) is 2.26. The van der Waals surface area contributed by atoms with Crippen molar-refractivity contribution in [2.24, 2.45) is 0 Å². The number of pyridine rings is 1. The lowest BCUT2D eigenvalue weighted by atomic mass is 10.2. The number of nitrogens with zero attached hydrogens (tertiary/aromatic N) is 3. The molecule has 17 heavy (non-hydrogen) atoms. The van der Waals surface area contributed by atoms with Crippen LogP contribution in [-0.4, -0.2) is 48.5 Å². The van der Waals surface area contributed by atoms with Gasteiger partial charge in [-0.1, -0.05) is 6.92 Å². The lowest BCUT2D eigenvalue weighted by Gasteiger charge is -2.23.